The summed E-state index contributed by atoms with van der Waals surface area (Å²) in [5.74, 6) is 0.263. The smallest absolute Gasteiger partial charge is 0.148 e. The van der Waals surface area contributed by atoms with Crippen LogP contribution in [-0.2, 0) is 11.9 Å². The van der Waals surface area contributed by atoms with Gasteiger partial charge in [0.15, 0.2) is 0 Å². The molecular formula is C14H10Br2ClFO. The first-order chi connectivity index (χ1) is 9.11. The Morgan fingerprint density at radius 2 is 1.95 bits per heavy atom. The lowest BCUT2D eigenvalue weighted by Crippen LogP contribution is -1.99. The van der Waals surface area contributed by atoms with Crippen LogP contribution in [0.5, 0.6) is 5.75 Å². The zero-order valence-electron chi connectivity index (χ0n) is 9.80. The Bertz CT molecular complexity index is 590. The Kier molecular flexibility index (Phi) is 5.25. The predicted molar refractivity (Wildman–Crippen MR) is 82.5 cm³/mol. The zero-order valence-corrected chi connectivity index (χ0v) is 13.7. The van der Waals surface area contributed by atoms with Gasteiger partial charge >= 0.3 is 0 Å². The van der Waals surface area contributed by atoms with Crippen molar-refractivity contribution in [2.24, 2.45) is 0 Å². The maximum absolute atomic E-state index is 13.7. The second-order valence-electron chi connectivity index (χ2n) is 3.89. The van der Waals surface area contributed by atoms with Crippen LogP contribution in [-0.4, -0.2) is 0 Å². The second kappa shape index (κ2) is 6.73. The summed E-state index contributed by atoms with van der Waals surface area (Å²) in [6.45, 7) is 0.149. The molecule has 0 aliphatic rings. The van der Waals surface area contributed by atoms with E-state index in [1.54, 1.807) is 12.1 Å². The second-order valence-corrected chi connectivity index (χ2v) is 5.71. The van der Waals surface area contributed by atoms with Crippen LogP contribution >= 0.6 is 43.5 Å². The minimum absolute atomic E-state index is 0.109. The SMILES string of the molecule is Fc1c(Cl)cccc1COc1ccc(Br)c(CBr)c1. The van der Waals surface area contributed by atoms with Crippen molar-refractivity contribution < 1.29 is 9.13 Å². The van der Waals surface area contributed by atoms with Gasteiger partial charge < -0.3 is 4.74 Å². The summed E-state index contributed by atoms with van der Waals surface area (Å²) >= 11 is 12.6. The van der Waals surface area contributed by atoms with E-state index in [0.717, 1.165) is 15.4 Å². The average Bonchev–Trinajstić information content (AvgIpc) is 2.42. The fourth-order valence-corrected chi connectivity index (χ4v) is 2.99. The van der Waals surface area contributed by atoms with E-state index in [4.69, 9.17) is 16.3 Å². The molecule has 0 amide bonds. The summed E-state index contributed by atoms with van der Waals surface area (Å²) in [6, 6.07) is 10.5. The monoisotopic (exact) mass is 406 g/mol. The summed E-state index contributed by atoms with van der Waals surface area (Å²) in [5, 5.41) is 0.828. The van der Waals surface area contributed by atoms with Gasteiger partial charge in [-0.15, -0.1) is 0 Å². The highest BCUT2D eigenvalue weighted by atomic mass is 79.9. The van der Waals surface area contributed by atoms with E-state index in [2.05, 4.69) is 31.9 Å². The highest BCUT2D eigenvalue weighted by Crippen LogP contribution is 2.26. The zero-order chi connectivity index (χ0) is 13.8. The Balaban J connectivity index is 2.12. The fourth-order valence-electron chi connectivity index (χ4n) is 1.56. The van der Waals surface area contributed by atoms with E-state index >= 15 is 0 Å². The molecule has 0 heterocycles. The lowest BCUT2D eigenvalue weighted by atomic mass is 10.2. The maximum atomic E-state index is 13.7. The van der Waals surface area contributed by atoms with E-state index in [1.165, 1.54) is 6.07 Å². The molecule has 1 nitrogen and oxygen atoms in total. The molecule has 0 bridgehead atoms. The van der Waals surface area contributed by atoms with Crippen LogP contribution < -0.4 is 4.74 Å². The van der Waals surface area contributed by atoms with Gasteiger partial charge in [0.25, 0.3) is 0 Å². The van der Waals surface area contributed by atoms with Crippen LogP contribution in [0, 0.1) is 5.82 Å². The number of rotatable bonds is 4. The fraction of sp³-hybridized carbons (Fsp3) is 0.143. The molecule has 0 N–H and O–H groups in total. The molecule has 19 heavy (non-hydrogen) atoms. The molecule has 2 rings (SSSR count). The van der Waals surface area contributed by atoms with Crippen LogP contribution in [0.3, 0.4) is 0 Å². The molecule has 0 spiro atoms. The Labute approximate surface area is 133 Å². The van der Waals surface area contributed by atoms with Crippen LogP contribution in [0.4, 0.5) is 4.39 Å². The molecule has 0 aliphatic carbocycles. The van der Waals surface area contributed by atoms with Crippen LogP contribution in [0.2, 0.25) is 5.02 Å². The normalized spacial score (nSPS) is 10.5. The van der Waals surface area contributed by atoms with Gasteiger partial charge in [-0.1, -0.05) is 55.6 Å². The molecule has 5 heteroatoms. The van der Waals surface area contributed by atoms with Gasteiger partial charge in [0, 0.05) is 15.4 Å². The highest BCUT2D eigenvalue weighted by molar-refractivity contribution is 9.10. The molecule has 0 aromatic heterocycles. The van der Waals surface area contributed by atoms with Crippen molar-refractivity contribution in [1.29, 1.82) is 0 Å². The molecule has 0 aliphatic heterocycles. The minimum Gasteiger partial charge on any atom is -0.489 e. The van der Waals surface area contributed by atoms with Crippen LogP contribution in [0.15, 0.2) is 40.9 Å². The van der Waals surface area contributed by atoms with Gasteiger partial charge in [-0.25, -0.2) is 4.39 Å². The number of halogens is 4. The molecule has 0 radical (unpaired) electrons. The highest BCUT2D eigenvalue weighted by Gasteiger charge is 2.07. The first kappa shape index (κ1) is 14.8. The topological polar surface area (TPSA) is 9.23 Å². The average molecular weight is 408 g/mol. The third-order valence-corrected chi connectivity index (χ3v) is 4.26. The number of benzene rings is 2. The first-order valence-corrected chi connectivity index (χ1v) is 7.81. The van der Waals surface area contributed by atoms with Crippen molar-refractivity contribution in [3.63, 3.8) is 0 Å². The number of ether oxygens (including phenoxy) is 1. The van der Waals surface area contributed by atoms with Crippen molar-refractivity contribution in [1.82, 2.24) is 0 Å². The van der Waals surface area contributed by atoms with E-state index in [0.29, 0.717) is 11.3 Å². The standard InChI is InChI=1S/C14H10Br2ClFO/c15-7-10-6-11(4-5-12(10)16)19-8-9-2-1-3-13(17)14(9)18/h1-6H,7-8H2. The van der Waals surface area contributed by atoms with Crippen LogP contribution in [0.25, 0.3) is 0 Å². The van der Waals surface area contributed by atoms with Gasteiger partial charge in [-0.2, -0.15) is 0 Å². The van der Waals surface area contributed by atoms with Gasteiger partial charge in [0.2, 0.25) is 0 Å². The molecule has 0 unspecified atom stereocenters. The van der Waals surface area contributed by atoms with Crippen molar-refractivity contribution in [2.45, 2.75) is 11.9 Å². The molecule has 0 fully saturated rings. The van der Waals surface area contributed by atoms with E-state index in [1.807, 2.05) is 18.2 Å². The summed E-state index contributed by atoms with van der Waals surface area (Å²) in [6.07, 6.45) is 0. The molecular weight excluding hydrogens is 398 g/mol. The lowest BCUT2D eigenvalue weighted by molar-refractivity contribution is 0.299. The van der Waals surface area contributed by atoms with Gasteiger partial charge in [-0.05, 0) is 29.8 Å². The molecule has 0 saturated carbocycles. The largest absolute Gasteiger partial charge is 0.489 e. The van der Waals surface area contributed by atoms with Crippen molar-refractivity contribution >= 4 is 43.5 Å². The number of hydrogen-bond donors (Lipinski definition) is 0. The first-order valence-electron chi connectivity index (χ1n) is 5.52. The van der Waals surface area contributed by atoms with Gasteiger partial charge in [0.1, 0.15) is 18.2 Å². The minimum atomic E-state index is -0.429. The lowest BCUT2D eigenvalue weighted by Gasteiger charge is -2.09. The summed E-state index contributed by atoms with van der Waals surface area (Å²) in [4.78, 5) is 0. The summed E-state index contributed by atoms with van der Waals surface area (Å²) in [5.41, 5.74) is 1.51. The van der Waals surface area contributed by atoms with Crippen molar-refractivity contribution in [3.05, 3.63) is 62.8 Å². The Hall–Kier alpha value is -0.580. The third-order valence-electron chi connectivity index (χ3n) is 2.59. The summed E-state index contributed by atoms with van der Waals surface area (Å²) < 4.78 is 20.3. The predicted octanol–water partition coefficient (Wildman–Crippen LogP) is 5.72. The Morgan fingerprint density at radius 1 is 1.16 bits per heavy atom. The molecule has 0 atom stereocenters. The summed E-state index contributed by atoms with van der Waals surface area (Å²) in [7, 11) is 0. The molecule has 100 valence electrons. The van der Waals surface area contributed by atoms with Crippen LogP contribution in [0.1, 0.15) is 11.1 Å². The van der Waals surface area contributed by atoms with E-state index < -0.39 is 5.82 Å². The Morgan fingerprint density at radius 3 is 2.68 bits per heavy atom. The molecule has 2 aromatic rings. The quantitative estimate of drug-likeness (QED) is 0.589. The third kappa shape index (κ3) is 3.71. The van der Waals surface area contributed by atoms with Crippen molar-refractivity contribution in [3.8, 4) is 5.75 Å². The van der Waals surface area contributed by atoms with E-state index in [9.17, 15) is 4.39 Å². The molecule has 2 aromatic carbocycles. The van der Waals surface area contributed by atoms with Crippen molar-refractivity contribution in [2.75, 3.05) is 0 Å². The molecule has 0 saturated heterocycles. The van der Waals surface area contributed by atoms with Gasteiger partial charge in [-0.3, -0.25) is 0 Å². The number of hydrogen-bond acceptors (Lipinski definition) is 1. The number of alkyl halides is 1. The van der Waals surface area contributed by atoms with Gasteiger partial charge in [0.05, 0.1) is 5.02 Å². The maximum Gasteiger partial charge on any atom is 0.148 e. The van der Waals surface area contributed by atoms with E-state index in [-0.39, 0.29) is 11.6 Å².